The van der Waals surface area contributed by atoms with E-state index in [9.17, 15) is 9.59 Å². The van der Waals surface area contributed by atoms with Crippen molar-refractivity contribution in [2.45, 2.75) is 19.1 Å². The molecule has 24 heavy (non-hydrogen) atoms. The number of hydrogen-bond acceptors (Lipinski definition) is 4. The van der Waals surface area contributed by atoms with Gasteiger partial charge in [-0.15, -0.1) is 11.8 Å². The second-order valence-corrected chi connectivity index (χ2v) is 6.91. The zero-order valence-corrected chi connectivity index (χ0v) is 14.5. The molecule has 3 rings (SSSR count). The molecule has 7 heteroatoms. The molecule has 1 atom stereocenters. The summed E-state index contributed by atoms with van der Waals surface area (Å²) in [6, 6.07) is 10.1. The average molecular weight is 344 g/mol. The van der Waals surface area contributed by atoms with Crippen molar-refractivity contribution >= 4 is 35.2 Å². The van der Waals surface area contributed by atoms with E-state index in [0.29, 0.717) is 23.8 Å². The van der Waals surface area contributed by atoms with E-state index in [4.69, 9.17) is 0 Å². The van der Waals surface area contributed by atoms with E-state index < -0.39 is 0 Å². The Balaban J connectivity index is 1.59. The molecule has 0 unspecified atom stereocenters. The van der Waals surface area contributed by atoms with Crippen molar-refractivity contribution in [2.75, 3.05) is 16.4 Å². The van der Waals surface area contributed by atoms with Gasteiger partial charge in [0.2, 0.25) is 11.8 Å². The molecule has 1 aliphatic heterocycles. The van der Waals surface area contributed by atoms with E-state index in [2.05, 4.69) is 15.7 Å². The summed E-state index contributed by atoms with van der Waals surface area (Å²) < 4.78 is 1.60. The van der Waals surface area contributed by atoms with E-state index in [0.717, 1.165) is 11.3 Å². The number of anilines is 2. The molecule has 2 N–H and O–H groups in total. The van der Waals surface area contributed by atoms with E-state index in [1.165, 1.54) is 5.56 Å². The molecule has 126 valence electrons. The van der Waals surface area contributed by atoms with Gasteiger partial charge < -0.3 is 10.6 Å². The normalized spacial score (nSPS) is 16.4. The van der Waals surface area contributed by atoms with Crippen LogP contribution in [0.5, 0.6) is 0 Å². The summed E-state index contributed by atoms with van der Waals surface area (Å²) in [5.74, 6) is 2.16. The molecule has 0 radical (unpaired) electrons. The second kappa shape index (κ2) is 7.09. The van der Waals surface area contributed by atoms with Crippen LogP contribution >= 0.6 is 11.8 Å². The van der Waals surface area contributed by atoms with Crippen LogP contribution in [0.15, 0.2) is 30.3 Å². The van der Waals surface area contributed by atoms with Crippen LogP contribution in [-0.2, 0) is 28.8 Å². The molecule has 0 aliphatic carbocycles. The average Bonchev–Trinajstić information content (AvgIpc) is 2.84. The number of thioether (sulfide) groups is 1. The first-order valence-corrected chi connectivity index (χ1v) is 8.98. The Bertz CT molecular complexity index is 757. The topological polar surface area (TPSA) is 76.0 Å². The lowest BCUT2D eigenvalue weighted by Gasteiger charge is -2.19. The second-order valence-electron chi connectivity index (χ2n) is 5.92. The minimum absolute atomic E-state index is 0.0122. The van der Waals surface area contributed by atoms with Crippen molar-refractivity contribution in [3.63, 3.8) is 0 Å². The zero-order chi connectivity index (χ0) is 17.1. The number of amides is 2. The summed E-state index contributed by atoms with van der Waals surface area (Å²) >= 11 is 1.56. The maximum absolute atomic E-state index is 12.2. The number of nitrogens with one attached hydrogen (secondary N) is 2. The number of carbonyl (C=O) groups excluding carboxylic acids is 2. The van der Waals surface area contributed by atoms with Crippen molar-refractivity contribution in [3.8, 4) is 0 Å². The first kappa shape index (κ1) is 16.6. The highest BCUT2D eigenvalue weighted by Crippen LogP contribution is 2.31. The Morgan fingerprint density at radius 1 is 1.42 bits per heavy atom. The number of rotatable bonds is 5. The van der Waals surface area contributed by atoms with Crippen LogP contribution < -0.4 is 10.6 Å². The summed E-state index contributed by atoms with van der Waals surface area (Å²) in [5, 5.41) is 10.0. The SMILES string of the molecule is C[C@H]1Cc2c(NC(=O)CSCc3ccccc3)nn(C)c2NC1=O. The van der Waals surface area contributed by atoms with Crippen LogP contribution in [0, 0.1) is 5.92 Å². The van der Waals surface area contributed by atoms with Crippen molar-refractivity contribution in [1.82, 2.24) is 9.78 Å². The zero-order valence-electron chi connectivity index (χ0n) is 13.7. The van der Waals surface area contributed by atoms with E-state index in [-0.39, 0.29) is 17.7 Å². The summed E-state index contributed by atoms with van der Waals surface area (Å²) in [7, 11) is 1.76. The smallest absolute Gasteiger partial charge is 0.235 e. The lowest BCUT2D eigenvalue weighted by atomic mass is 9.98. The quantitative estimate of drug-likeness (QED) is 0.873. The predicted molar refractivity (Wildman–Crippen MR) is 95.9 cm³/mol. The van der Waals surface area contributed by atoms with Gasteiger partial charge in [0.15, 0.2) is 5.82 Å². The highest BCUT2D eigenvalue weighted by molar-refractivity contribution is 7.99. The summed E-state index contributed by atoms with van der Waals surface area (Å²) in [4.78, 5) is 23.9. The van der Waals surface area contributed by atoms with Gasteiger partial charge >= 0.3 is 0 Å². The van der Waals surface area contributed by atoms with E-state index in [1.54, 1.807) is 23.5 Å². The Kier molecular flexibility index (Phi) is 4.89. The molecule has 0 bridgehead atoms. The lowest BCUT2D eigenvalue weighted by molar-refractivity contribution is -0.119. The highest BCUT2D eigenvalue weighted by Gasteiger charge is 2.29. The fourth-order valence-electron chi connectivity index (χ4n) is 2.66. The molecule has 1 aromatic carbocycles. The number of hydrogen-bond donors (Lipinski definition) is 2. The van der Waals surface area contributed by atoms with Crippen LogP contribution in [0.1, 0.15) is 18.1 Å². The summed E-state index contributed by atoms with van der Waals surface area (Å²) in [5.41, 5.74) is 2.09. The van der Waals surface area contributed by atoms with Crippen LogP contribution in [-0.4, -0.2) is 27.3 Å². The number of aromatic nitrogens is 2. The van der Waals surface area contributed by atoms with Gasteiger partial charge in [0.25, 0.3) is 0 Å². The third-order valence-electron chi connectivity index (χ3n) is 3.95. The van der Waals surface area contributed by atoms with Crippen molar-refractivity contribution in [1.29, 1.82) is 0 Å². The third kappa shape index (κ3) is 3.62. The van der Waals surface area contributed by atoms with Gasteiger partial charge in [-0.3, -0.25) is 14.3 Å². The molecule has 0 fully saturated rings. The monoisotopic (exact) mass is 344 g/mol. The minimum atomic E-state index is -0.121. The van der Waals surface area contributed by atoms with Gasteiger partial charge in [-0.05, 0) is 12.0 Å². The largest absolute Gasteiger partial charge is 0.310 e. The van der Waals surface area contributed by atoms with Crippen molar-refractivity contribution in [3.05, 3.63) is 41.5 Å². The number of nitrogens with zero attached hydrogens (tertiary/aromatic N) is 2. The molecule has 1 aliphatic rings. The van der Waals surface area contributed by atoms with Crippen LogP contribution in [0.4, 0.5) is 11.6 Å². The fourth-order valence-corrected chi connectivity index (χ4v) is 3.45. The fraction of sp³-hybridized carbons (Fsp3) is 0.353. The standard InChI is InChI=1S/C17H20N4O2S/c1-11-8-13-15(20-21(2)16(13)19-17(11)23)18-14(22)10-24-9-12-6-4-3-5-7-12/h3-7,11H,8-10H2,1-2H3,(H,19,23)(H,18,20,22)/t11-/m0/s1. The Morgan fingerprint density at radius 3 is 2.92 bits per heavy atom. The third-order valence-corrected chi connectivity index (χ3v) is 4.95. The molecule has 6 nitrogen and oxygen atoms in total. The molecule has 0 saturated carbocycles. The predicted octanol–water partition coefficient (Wildman–Crippen LogP) is 2.42. The maximum Gasteiger partial charge on any atom is 0.235 e. The molecular weight excluding hydrogens is 324 g/mol. The number of fused-ring (bicyclic) bond motifs is 1. The maximum atomic E-state index is 12.2. The molecule has 2 aromatic rings. The van der Waals surface area contributed by atoms with Gasteiger partial charge in [-0.1, -0.05) is 37.3 Å². The van der Waals surface area contributed by atoms with E-state index >= 15 is 0 Å². The minimum Gasteiger partial charge on any atom is -0.310 e. The molecular formula is C17H20N4O2S. The van der Waals surface area contributed by atoms with E-state index in [1.807, 2.05) is 37.3 Å². The van der Waals surface area contributed by atoms with Crippen LogP contribution in [0.25, 0.3) is 0 Å². The van der Waals surface area contributed by atoms with Crippen molar-refractivity contribution < 1.29 is 9.59 Å². The lowest BCUT2D eigenvalue weighted by Crippen LogP contribution is -2.28. The summed E-state index contributed by atoms with van der Waals surface area (Å²) in [6.07, 6.45) is 0.585. The first-order chi connectivity index (χ1) is 11.5. The van der Waals surface area contributed by atoms with Gasteiger partial charge in [0, 0.05) is 24.3 Å². The number of aryl methyl sites for hydroxylation is 1. The highest BCUT2D eigenvalue weighted by atomic mass is 32.2. The Morgan fingerprint density at radius 2 is 2.17 bits per heavy atom. The van der Waals surface area contributed by atoms with Gasteiger partial charge in [0.05, 0.1) is 5.75 Å². The molecule has 0 spiro atoms. The Labute approximate surface area is 145 Å². The molecule has 2 amide bonds. The van der Waals surface area contributed by atoms with Crippen molar-refractivity contribution in [2.24, 2.45) is 13.0 Å². The first-order valence-electron chi connectivity index (χ1n) is 7.83. The summed E-state index contributed by atoms with van der Waals surface area (Å²) in [6.45, 7) is 1.87. The van der Waals surface area contributed by atoms with Gasteiger partial charge in [-0.25, -0.2) is 0 Å². The van der Waals surface area contributed by atoms with Gasteiger partial charge in [0.1, 0.15) is 5.82 Å². The van der Waals surface area contributed by atoms with Crippen LogP contribution in [0.3, 0.4) is 0 Å². The molecule has 2 heterocycles. The Hall–Kier alpha value is -2.28. The van der Waals surface area contributed by atoms with Gasteiger partial charge in [-0.2, -0.15) is 5.10 Å². The number of benzene rings is 1. The van der Waals surface area contributed by atoms with Crippen LogP contribution in [0.2, 0.25) is 0 Å². The number of carbonyl (C=O) groups is 2. The molecule has 0 saturated heterocycles. The molecule has 1 aromatic heterocycles.